The first-order valence-electron chi connectivity index (χ1n) is 3.31. The van der Waals surface area contributed by atoms with Crippen LogP contribution in [0.1, 0.15) is 11.3 Å². The van der Waals surface area contributed by atoms with E-state index in [2.05, 4.69) is 32.1 Å². The summed E-state index contributed by atoms with van der Waals surface area (Å²) in [5, 5.41) is 17.9. The topological polar surface area (TPSA) is 101 Å². The summed E-state index contributed by atoms with van der Waals surface area (Å²) < 4.78 is 0. The molecule has 0 atom stereocenters. The van der Waals surface area contributed by atoms with Crippen molar-refractivity contribution in [3.8, 4) is 17.9 Å². The zero-order chi connectivity index (χ0) is 9.52. The van der Waals surface area contributed by atoms with E-state index in [0.29, 0.717) is 11.3 Å². The molecule has 1 N–H and O–H groups in total. The van der Waals surface area contributed by atoms with Gasteiger partial charge < -0.3 is 0 Å². The highest BCUT2D eigenvalue weighted by molar-refractivity contribution is 5.42. The summed E-state index contributed by atoms with van der Waals surface area (Å²) in [6.07, 6.45) is 1.45. The molecular formula is C7H4N6. The lowest BCUT2D eigenvalue weighted by molar-refractivity contribution is 1.07. The van der Waals surface area contributed by atoms with E-state index in [0.717, 1.165) is 0 Å². The van der Waals surface area contributed by atoms with Crippen molar-refractivity contribution in [3.63, 3.8) is 0 Å². The van der Waals surface area contributed by atoms with Crippen molar-refractivity contribution in [1.29, 1.82) is 5.26 Å². The second-order valence-electron chi connectivity index (χ2n) is 1.96. The number of aromatic amines is 1. The van der Waals surface area contributed by atoms with Gasteiger partial charge in [-0.1, -0.05) is 17.0 Å². The monoisotopic (exact) mass is 172 g/mol. The number of rotatable bonds is 1. The Balaban J connectivity index is 2.78. The van der Waals surface area contributed by atoms with E-state index < -0.39 is 0 Å². The molecule has 0 radical (unpaired) electrons. The normalized spacial score (nSPS) is 7.62. The van der Waals surface area contributed by atoms with E-state index in [-0.39, 0.29) is 6.54 Å². The zero-order valence-electron chi connectivity index (χ0n) is 6.52. The zero-order valence-corrected chi connectivity index (χ0v) is 6.52. The highest BCUT2D eigenvalue weighted by atomic mass is 15.1. The summed E-state index contributed by atoms with van der Waals surface area (Å²) in [7, 11) is 0. The number of hydrogen-bond donors (Lipinski definition) is 1. The van der Waals surface area contributed by atoms with E-state index in [9.17, 15) is 0 Å². The number of nitrogens with zero attached hydrogens (tertiary/aromatic N) is 5. The van der Waals surface area contributed by atoms with Gasteiger partial charge in [-0.15, -0.1) is 0 Å². The Hall–Kier alpha value is -2.43. The average molecular weight is 172 g/mol. The van der Waals surface area contributed by atoms with Crippen LogP contribution in [0.4, 0.5) is 0 Å². The van der Waals surface area contributed by atoms with Gasteiger partial charge in [0.1, 0.15) is 6.07 Å². The maximum Gasteiger partial charge on any atom is 0.151 e. The minimum atomic E-state index is 0.0898. The summed E-state index contributed by atoms with van der Waals surface area (Å²) in [4.78, 5) is 2.53. The Morgan fingerprint density at radius 3 is 3.31 bits per heavy atom. The first-order valence-corrected chi connectivity index (χ1v) is 3.31. The van der Waals surface area contributed by atoms with Crippen LogP contribution < -0.4 is 0 Å². The van der Waals surface area contributed by atoms with E-state index in [1.807, 2.05) is 6.07 Å². The van der Waals surface area contributed by atoms with Gasteiger partial charge in [-0.25, -0.2) is 0 Å². The maximum atomic E-state index is 8.54. The Morgan fingerprint density at radius 2 is 2.62 bits per heavy atom. The molecule has 0 aliphatic carbocycles. The van der Waals surface area contributed by atoms with Crippen molar-refractivity contribution in [3.05, 3.63) is 27.9 Å². The highest BCUT2D eigenvalue weighted by Crippen LogP contribution is 1.98. The molecule has 0 spiro atoms. The number of azide groups is 1. The predicted octanol–water partition coefficient (Wildman–Crippen LogP) is 0.943. The predicted molar refractivity (Wildman–Crippen MR) is 44.2 cm³/mol. The number of H-pyrrole nitrogens is 1. The molecule has 1 aromatic heterocycles. The molecule has 0 saturated carbocycles. The lowest BCUT2D eigenvalue weighted by Crippen LogP contribution is -1.78. The molecule has 1 aromatic rings. The van der Waals surface area contributed by atoms with Gasteiger partial charge in [0, 0.05) is 4.91 Å². The van der Waals surface area contributed by atoms with Crippen LogP contribution >= 0.6 is 0 Å². The number of nitrogens with one attached hydrogen (secondary N) is 1. The van der Waals surface area contributed by atoms with Crippen molar-refractivity contribution < 1.29 is 0 Å². The third kappa shape index (κ3) is 2.26. The summed E-state index contributed by atoms with van der Waals surface area (Å²) in [6, 6.07) is 1.89. The number of hydrogen-bond acceptors (Lipinski definition) is 3. The van der Waals surface area contributed by atoms with Gasteiger partial charge >= 0.3 is 0 Å². The number of nitriles is 1. The van der Waals surface area contributed by atoms with E-state index in [1.165, 1.54) is 6.20 Å². The van der Waals surface area contributed by atoms with Gasteiger partial charge in [-0.05, 0) is 5.53 Å². The molecule has 1 rings (SSSR count). The smallest absolute Gasteiger partial charge is 0.151 e. The van der Waals surface area contributed by atoms with Crippen LogP contribution in [0.25, 0.3) is 10.4 Å². The van der Waals surface area contributed by atoms with Gasteiger partial charge in [0.05, 0.1) is 18.3 Å². The average Bonchev–Trinajstić information content (AvgIpc) is 2.60. The minimum Gasteiger partial charge on any atom is -0.267 e. The molecular weight excluding hydrogens is 168 g/mol. The van der Waals surface area contributed by atoms with Crippen LogP contribution in [0.3, 0.4) is 0 Å². The van der Waals surface area contributed by atoms with Crippen molar-refractivity contribution in [1.82, 2.24) is 10.2 Å². The summed E-state index contributed by atoms with van der Waals surface area (Å²) >= 11 is 0. The minimum absolute atomic E-state index is 0.0898. The van der Waals surface area contributed by atoms with Crippen molar-refractivity contribution >= 4 is 0 Å². The fourth-order valence-electron chi connectivity index (χ4n) is 0.668. The van der Waals surface area contributed by atoms with E-state index in [4.69, 9.17) is 10.8 Å². The van der Waals surface area contributed by atoms with Gasteiger partial charge in [-0.3, -0.25) is 5.10 Å². The second-order valence-corrected chi connectivity index (χ2v) is 1.96. The lowest BCUT2D eigenvalue weighted by Gasteiger charge is -1.78. The van der Waals surface area contributed by atoms with Crippen LogP contribution in [0.2, 0.25) is 0 Å². The molecule has 62 valence electrons. The molecule has 0 bridgehead atoms. The standard InChI is InChI=1S/C7H4N6/c8-4-7-6(5-11-12-7)2-1-3-10-13-9/h5H,3H2,(H,11,12). The first kappa shape index (κ1) is 8.66. The Morgan fingerprint density at radius 1 is 1.77 bits per heavy atom. The third-order valence-electron chi connectivity index (χ3n) is 1.19. The Kier molecular flexibility index (Phi) is 2.96. The van der Waals surface area contributed by atoms with Gasteiger partial charge in [0.15, 0.2) is 5.69 Å². The Labute approximate surface area is 73.8 Å². The van der Waals surface area contributed by atoms with Crippen LogP contribution in [0.15, 0.2) is 11.3 Å². The first-order chi connectivity index (χ1) is 6.38. The Bertz CT molecular complexity index is 434. The summed E-state index contributed by atoms with van der Waals surface area (Å²) in [5.41, 5.74) is 8.77. The maximum absolute atomic E-state index is 8.54. The fourth-order valence-corrected chi connectivity index (χ4v) is 0.668. The molecule has 0 amide bonds. The summed E-state index contributed by atoms with van der Waals surface area (Å²) in [5.74, 6) is 5.23. The molecule has 0 aliphatic rings. The molecule has 0 fully saturated rings. The van der Waals surface area contributed by atoms with Crippen LogP contribution in [0, 0.1) is 23.2 Å². The second kappa shape index (κ2) is 4.45. The molecule has 1 heterocycles. The quantitative estimate of drug-likeness (QED) is 0.295. The summed E-state index contributed by atoms with van der Waals surface area (Å²) in [6.45, 7) is 0.0898. The van der Waals surface area contributed by atoms with Gasteiger partial charge in [0.2, 0.25) is 0 Å². The van der Waals surface area contributed by atoms with E-state index in [1.54, 1.807) is 0 Å². The molecule has 0 saturated heterocycles. The van der Waals surface area contributed by atoms with E-state index >= 15 is 0 Å². The van der Waals surface area contributed by atoms with Crippen LogP contribution in [-0.2, 0) is 0 Å². The lowest BCUT2D eigenvalue weighted by atomic mass is 10.3. The van der Waals surface area contributed by atoms with Crippen molar-refractivity contribution in [2.24, 2.45) is 5.11 Å². The van der Waals surface area contributed by atoms with Crippen molar-refractivity contribution in [2.75, 3.05) is 6.54 Å². The van der Waals surface area contributed by atoms with Crippen LogP contribution in [-0.4, -0.2) is 16.7 Å². The SMILES string of the molecule is N#Cc1[nH]ncc1C#CCN=[N+]=[N-]. The molecule has 0 aliphatic heterocycles. The highest BCUT2D eigenvalue weighted by Gasteiger charge is 1.98. The van der Waals surface area contributed by atoms with Gasteiger partial charge in [-0.2, -0.15) is 10.4 Å². The molecule has 0 aromatic carbocycles. The molecule has 13 heavy (non-hydrogen) atoms. The fraction of sp³-hybridized carbons (Fsp3) is 0.143. The van der Waals surface area contributed by atoms with Gasteiger partial charge in [0.25, 0.3) is 0 Å². The molecule has 0 unspecified atom stereocenters. The number of aromatic nitrogens is 2. The largest absolute Gasteiger partial charge is 0.267 e. The molecule has 6 heteroatoms. The van der Waals surface area contributed by atoms with Crippen LogP contribution in [0.5, 0.6) is 0 Å². The third-order valence-corrected chi connectivity index (χ3v) is 1.19. The molecule has 6 nitrogen and oxygen atoms in total. The van der Waals surface area contributed by atoms with Crippen molar-refractivity contribution in [2.45, 2.75) is 0 Å².